The molecular weight excluding hydrogens is 224 g/mol. The summed E-state index contributed by atoms with van der Waals surface area (Å²) >= 11 is 0. The van der Waals surface area contributed by atoms with Crippen molar-refractivity contribution < 1.29 is 8.78 Å². The van der Waals surface area contributed by atoms with Gasteiger partial charge in [0.05, 0.1) is 6.04 Å². The number of nitrogens with one attached hydrogen (secondary N) is 1. The molecule has 2 aromatic rings. The minimum atomic E-state index is -0.626. The van der Waals surface area contributed by atoms with Crippen LogP contribution < -0.4 is 11.3 Å². The Morgan fingerprint density at radius 2 is 2.06 bits per heavy atom. The summed E-state index contributed by atoms with van der Waals surface area (Å²) in [6.45, 7) is 0. The van der Waals surface area contributed by atoms with Gasteiger partial charge in [0.15, 0.2) is 0 Å². The van der Waals surface area contributed by atoms with Crippen molar-refractivity contribution in [3.05, 3.63) is 65.5 Å². The summed E-state index contributed by atoms with van der Waals surface area (Å²) in [5.74, 6) is 4.36. The number of halogens is 2. The second-order valence-corrected chi connectivity index (χ2v) is 3.55. The van der Waals surface area contributed by atoms with Crippen molar-refractivity contribution in [3.63, 3.8) is 0 Å². The fourth-order valence-electron chi connectivity index (χ4n) is 1.65. The van der Waals surface area contributed by atoms with Crippen molar-refractivity contribution in [2.75, 3.05) is 0 Å². The van der Waals surface area contributed by atoms with Crippen molar-refractivity contribution in [2.45, 2.75) is 6.04 Å². The Morgan fingerprint density at radius 3 is 2.71 bits per heavy atom. The van der Waals surface area contributed by atoms with Crippen LogP contribution >= 0.6 is 0 Å². The third-order valence-corrected chi connectivity index (χ3v) is 2.45. The van der Waals surface area contributed by atoms with Crippen molar-refractivity contribution >= 4 is 0 Å². The minimum absolute atomic E-state index is 0.153. The topological polar surface area (TPSA) is 50.9 Å². The summed E-state index contributed by atoms with van der Waals surface area (Å²) in [5, 5.41) is 0. The molecule has 0 amide bonds. The van der Waals surface area contributed by atoms with E-state index in [0.29, 0.717) is 5.56 Å². The highest BCUT2D eigenvalue weighted by molar-refractivity contribution is 5.31. The van der Waals surface area contributed by atoms with Crippen LogP contribution in [0.25, 0.3) is 0 Å². The molecule has 0 aliphatic rings. The molecule has 1 unspecified atom stereocenters. The van der Waals surface area contributed by atoms with Crippen LogP contribution in [0.4, 0.5) is 8.78 Å². The molecule has 0 aliphatic heterocycles. The zero-order valence-corrected chi connectivity index (χ0v) is 8.90. The standard InChI is InChI=1S/C12H11F2N3/c13-9-3-4-11(14)10(6-9)12(17-15)8-2-1-5-16-7-8/h1-7,12,17H,15H2. The van der Waals surface area contributed by atoms with Gasteiger partial charge in [-0.25, -0.2) is 14.2 Å². The van der Waals surface area contributed by atoms with E-state index >= 15 is 0 Å². The maximum atomic E-state index is 13.6. The first-order valence-electron chi connectivity index (χ1n) is 5.03. The van der Waals surface area contributed by atoms with Crippen LogP contribution in [0.2, 0.25) is 0 Å². The van der Waals surface area contributed by atoms with Gasteiger partial charge in [-0.3, -0.25) is 10.8 Å². The van der Waals surface area contributed by atoms with Crippen LogP contribution in [0.5, 0.6) is 0 Å². The Bertz CT molecular complexity index is 502. The molecule has 1 heterocycles. The highest BCUT2D eigenvalue weighted by Crippen LogP contribution is 2.23. The largest absolute Gasteiger partial charge is 0.271 e. The molecule has 1 atom stereocenters. The number of hydrazine groups is 1. The summed E-state index contributed by atoms with van der Waals surface area (Å²) in [7, 11) is 0. The lowest BCUT2D eigenvalue weighted by Gasteiger charge is -2.17. The zero-order valence-electron chi connectivity index (χ0n) is 8.90. The van der Waals surface area contributed by atoms with E-state index < -0.39 is 17.7 Å². The Balaban J connectivity index is 2.46. The molecule has 2 rings (SSSR count). The van der Waals surface area contributed by atoms with Gasteiger partial charge in [0.1, 0.15) is 11.6 Å². The Morgan fingerprint density at radius 1 is 1.24 bits per heavy atom. The lowest BCUT2D eigenvalue weighted by Crippen LogP contribution is -2.29. The highest BCUT2D eigenvalue weighted by atomic mass is 19.1. The molecule has 0 spiro atoms. The second-order valence-electron chi connectivity index (χ2n) is 3.55. The van der Waals surface area contributed by atoms with Gasteiger partial charge in [0.25, 0.3) is 0 Å². The van der Waals surface area contributed by atoms with Crippen molar-refractivity contribution in [2.24, 2.45) is 5.84 Å². The highest BCUT2D eigenvalue weighted by Gasteiger charge is 2.17. The van der Waals surface area contributed by atoms with E-state index in [-0.39, 0.29) is 5.56 Å². The van der Waals surface area contributed by atoms with E-state index in [2.05, 4.69) is 10.4 Å². The number of hydrogen-bond donors (Lipinski definition) is 2. The van der Waals surface area contributed by atoms with E-state index in [0.717, 1.165) is 18.2 Å². The number of nitrogens with zero attached hydrogens (tertiary/aromatic N) is 1. The average Bonchev–Trinajstić information content (AvgIpc) is 2.36. The van der Waals surface area contributed by atoms with Crippen LogP contribution in [0.3, 0.4) is 0 Å². The van der Waals surface area contributed by atoms with Crippen molar-refractivity contribution in [1.82, 2.24) is 10.4 Å². The summed E-state index contributed by atoms with van der Waals surface area (Å²) in [6, 6.07) is 6.08. The van der Waals surface area contributed by atoms with Gasteiger partial charge in [-0.15, -0.1) is 0 Å². The molecule has 0 saturated carbocycles. The third-order valence-electron chi connectivity index (χ3n) is 2.45. The average molecular weight is 235 g/mol. The number of rotatable bonds is 3. The lowest BCUT2D eigenvalue weighted by atomic mass is 10.0. The molecule has 5 heteroatoms. The number of benzene rings is 1. The van der Waals surface area contributed by atoms with E-state index in [1.54, 1.807) is 24.5 Å². The number of aromatic nitrogens is 1. The van der Waals surface area contributed by atoms with Gasteiger partial charge in [0.2, 0.25) is 0 Å². The monoisotopic (exact) mass is 235 g/mol. The molecule has 17 heavy (non-hydrogen) atoms. The lowest BCUT2D eigenvalue weighted by molar-refractivity contribution is 0.545. The van der Waals surface area contributed by atoms with Crippen LogP contribution in [0.1, 0.15) is 17.2 Å². The summed E-state index contributed by atoms with van der Waals surface area (Å²) in [6.07, 6.45) is 3.15. The van der Waals surface area contributed by atoms with Gasteiger partial charge < -0.3 is 0 Å². The quantitative estimate of drug-likeness (QED) is 0.631. The van der Waals surface area contributed by atoms with Gasteiger partial charge in [-0.05, 0) is 29.8 Å². The van der Waals surface area contributed by atoms with E-state index in [4.69, 9.17) is 5.84 Å². The number of pyridine rings is 1. The Kier molecular flexibility index (Phi) is 3.41. The van der Waals surface area contributed by atoms with Crippen LogP contribution in [0.15, 0.2) is 42.7 Å². The molecule has 0 bridgehead atoms. The molecule has 3 N–H and O–H groups in total. The fraction of sp³-hybridized carbons (Fsp3) is 0.0833. The molecule has 0 aliphatic carbocycles. The first kappa shape index (κ1) is 11.6. The van der Waals surface area contributed by atoms with Crippen molar-refractivity contribution in [3.8, 4) is 0 Å². The third kappa shape index (κ3) is 2.46. The van der Waals surface area contributed by atoms with Gasteiger partial charge in [-0.1, -0.05) is 6.07 Å². The van der Waals surface area contributed by atoms with Crippen LogP contribution in [-0.4, -0.2) is 4.98 Å². The van der Waals surface area contributed by atoms with Gasteiger partial charge >= 0.3 is 0 Å². The first-order chi connectivity index (χ1) is 8.22. The molecular formula is C12H11F2N3. The minimum Gasteiger partial charge on any atom is -0.271 e. The molecule has 0 radical (unpaired) electrons. The Hall–Kier alpha value is -1.85. The first-order valence-corrected chi connectivity index (χ1v) is 5.03. The molecule has 88 valence electrons. The maximum Gasteiger partial charge on any atom is 0.128 e. The van der Waals surface area contributed by atoms with Crippen molar-refractivity contribution in [1.29, 1.82) is 0 Å². The Labute approximate surface area is 97.3 Å². The fourth-order valence-corrected chi connectivity index (χ4v) is 1.65. The molecule has 0 saturated heterocycles. The predicted octanol–water partition coefficient (Wildman–Crippen LogP) is 1.91. The predicted molar refractivity (Wildman–Crippen MR) is 59.8 cm³/mol. The summed E-state index contributed by atoms with van der Waals surface area (Å²) in [5.41, 5.74) is 3.28. The van der Waals surface area contributed by atoms with E-state index in [1.807, 2.05) is 0 Å². The zero-order chi connectivity index (χ0) is 12.3. The van der Waals surface area contributed by atoms with E-state index in [1.165, 1.54) is 0 Å². The van der Waals surface area contributed by atoms with Crippen LogP contribution in [0, 0.1) is 11.6 Å². The van der Waals surface area contributed by atoms with Crippen LogP contribution in [-0.2, 0) is 0 Å². The maximum absolute atomic E-state index is 13.6. The second kappa shape index (κ2) is 4.99. The van der Waals surface area contributed by atoms with Gasteiger partial charge in [-0.2, -0.15) is 0 Å². The smallest absolute Gasteiger partial charge is 0.128 e. The SMILES string of the molecule is NNC(c1cccnc1)c1cc(F)ccc1F. The summed E-state index contributed by atoms with van der Waals surface area (Å²) in [4.78, 5) is 3.92. The molecule has 1 aromatic carbocycles. The normalized spacial score (nSPS) is 12.4. The molecule has 0 fully saturated rings. The molecule has 3 nitrogen and oxygen atoms in total. The number of hydrogen-bond acceptors (Lipinski definition) is 3. The summed E-state index contributed by atoms with van der Waals surface area (Å²) < 4.78 is 26.7. The van der Waals surface area contributed by atoms with E-state index in [9.17, 15) is 8.78 Å². The molecule has 1 aromatic heterocycles. The number of nitrogens with two attached hydrogens (primary N) is 1. The van der Waals surface area contributed by atoms with Gasteiger partial charge in [0, 0.05) is 18.0 Å².